The number of hydrogen-bond donors (Lipinski definition) is 1. The van der Waals surface area contributed by atoms with Gasteiger partial charge in [0.1, 0.15) is 11.4 Å². The van der Waals surface area contributed by atoms with Gasteiger partial charge in [0.25, 0.3) is 5.91 Å². The Morgan fingerprint density at radius 2 is 1.77 bits per heavy atom. The van der Waals surface area contributed by atoms with Gasteiger partial charge in [-0.15, -0.1) is 11.8 Å². The molecule has 3 aromatic rings. The lowest BCUT2D eigenvalue weighted by Crippen LogP contribution is -2.41. The highest BCUT2D eigenvalue weighted by Crippen LogP contribution is 2.39. The highest BCUT2D eigenvalue weighted by atomic mass is 35.5. The standard InChI is InChI=1S/C25H24ClNO2S/c1-25(2)15-22(21-5-3-4-6-23(21)29-25)27-24(28)18-9-7-17(8-10-18)16-30-20-13-11-19(26)12-14-20/h3-14,22H,15-16H2,1-2H3,(H,27,28)/t22-/m0/s1. The average Bonchev–Trinajstić information content (AvgIpc) is 2.73. The van der Waals surface area contributed by atoms with Gasteiger partial charge < -0.3 is 10.1 Å². The molecule has 5 heteroatoms. The Hall–Kier alpha value is -2.43. The Kier molecular flexibility index (Phi) is 6.07. The van der Waals surface area contributed by atoms with Crippen LogP contribution in [-0.2, 0) is 5.75 Å². The van der Waals surface area contributed by atoms with Gasteiger partial charge in [-0.25, -0.2) is 0 Å². The smallest absolute Gasteiger partial charge is 0.251 e. The predicted octanol–water partition coefficient (Wildman–Crippen LogP) is 6.66. The van der Waals surface area contributed by atoms with E-state index < -0.39 is 0 Å². The lowest BCUT2D eigenvalue weighted by molar-refractivity contribution is 0.0619. The maximum Gasteiger partial charge on any atom is 0.251 e. The van der Waals surface area contributed by atoms with Crippen LogP contribution in [0.4, 0.5) is 0 Å². The summed E-state index contributed by atoms with van der Waals surface area (Å²) < 4.78 is 6.06. The molecule has 0 unspecified atom stereocenters. The van der Waals surface area contributed by atoms with Crippen molar-refractivity contribution < 1.29 is 9.53 Å². The maximum atomic E-state index is 12.9. The lowest BCUT2D eigenvalue weighted by atomic mass is 9.89. The number of amides is 1. The predicted molar refractivity (Wildman–Crippen MR) is 123 cm³/mol. The summed E-state index contributed by atoms with van der Waals surface area (Å²) in [5.41, 5.74) is 2.54. The average molecular weight is 438 g/mol. The second-order valence-electron chi connectivity index (χ2n) is 8.07. The first kappa shape index (κ1) is 20.8. The number of thioether (sulfide) groups is 1. The van der Waals surface area contributed by atoms with Crippen LogP contribution in [0.5, 0.6) is 5.75 Å². The molecule has 3 nitrogen and oxygen atoms in total. The Morgan fingerprint density at radius 3 is 2.50 bits per heavy atom. The van der Waals surface area contributed by atoms with Crippen molar-refractivity contribution in [1.82, 2.24) is 5.32 Å². The Bertz CT molecular complexity index is 1030. The van der Waals surface area contributed by atoms with Crippen molar-refractivity contribution in [3.8, 4) is 5.75 Å². The van der Waals surface area contributed by atoms with Gasteiger partial charge in [0, 0.05) is 33.2 Å². The number of ether oxygens (including phenoxy) is 1. The molecule has 30 heavy (non-hydrogen) atoms. The Labute approximate surface area is 186 Å². The maximum absolute atomic E-state index is 12.9. The van der Waals surface area contributed by atoms with Crippen LogP contribution in [0.15, 0.2) is 77.7 Å². The fourth-order valence-corrected chi connectivity index (χ4v) is 4.60. The monoisotopic (exact) mass is 437 g/mol. The first-order valence-electron chi connectivity index (χ1n) is 9.96. The summed E-state index contributed by atoms with van der Waals surface area (Å²) in [5.74, 6) is 1.61. The van der Waals surface area contributed by atoms with Crippen molar-refractivity contribution in [3.63, 3.8) is 0 Å². The molecule has 1 heterocycles. The van der Waals surface area contributed by atoms with E-state index in [4.69, 9.17) is 16.3 Å². The molecular weight excluding hydrogens is 414 g/mol. The molecule has 1 aliphatic rings. The van der Waals surface area contributed by atoms with Gasteiger partial charge in [0.2, 0.25) is 0 Å². The molecule has 154 valence electrons. The van der Waals surface area contributed by atoms with E-state index in [2.05, 4.69) is 19.2 Å². The van der Waals surface area contributed by atoms with Crippen molar-refractivity contribution in [2.45, 2.75) is 42.6 Å². The van der Waals surface area contributed by atoms with E-state index in [-0.39, 0.29) is 17.6 Å². The largest absolute Gasteiger partial charge is 0.487 e. The molecule has 0 aromatic heterocycles. The summed E-state index contributed by atoms with van der Waals surface area (Å²) in [6, 6.07) is 23.5. The van der Waals surface area contributed by atoms with Crippen LogP contribution in [0.2, 0.25) is 5.02 Å². The van der Waals surface area contributed by atoms with Gasteiger partial charge in [-0.05, 0) is 61.9 Å². The number of halogens is 1. The summed E-state index contributed by atoms with van der Waals surface area (Å²) in [6.07, 6.45) is 0.728. The lowest BCUT2D eigenvalue weighted by Gasteiger charge is -2.37. The van der Waals surface area contributed by atoms with Crippen LogP contribution in [0, 0.1) is 0 Å². The molecule has 0 radical (unpaired) electrons. The van der Waals surface area contributed by atoms with Gasteiger partial charge in [0.05, 0.1) is 6.04 Å². The van der Waals surface area contributed by atoms with Crippen LogP contribution in [-0.4, -0.2) is 11.5 Å². The summed E-state index contributed by atoms with van der Waals surface area (Å²) in [7, 11) is 0. The van der Waals surface area contributed by atoms with Crippen LogP contribution in [0.25, 0.3) is 0 Å². The highest BCUT2D eigenvalue weighted by molar-refractivity contribution is 7.98. The van der Waals surface area contributed by atoms with Gasteiger partial charge >= 0.3 is 0 Å². The summed E-state index contributed by atoms with van der Waals surface area (Å²) >= 11 is 7.68. The Balaban J connectivity index is 1.41. The first-order valence-corrected chi connectivity index (χ1v) is 11.3. The summed E-state index contributed by atoms with van der Waals surface area (Å²) in [5, 5.41) is 3.93. The summed E-state index contributed by atoms with van der Waals surface area (Å²) in [4.78, 5) is 14.1. The van der Waals surface area contributed by atoms with Crippen molar-refractivity contribution in [2.24, 2.45) is 0 Å². The first-order chi connectivity index (χ1) is 14.4. The van der Waals surface area contributed by atoms with E-state index in [1.165, 1.54) is 10.5 Å². The number of hydrogen-bond acceptors (Lipinski definition) is 3. The molecule has 0 saturated heterocycles. The van der Waals surface area contributed by atoms with Crippen molar-refractivity contribution in [1.29, 1.82) is 0 Å². The number of carbonyl (C=O) groups excluding carboxylic acids is 1. The van der Waals surface area contributed by atoms with Crippen LogP contribution < -0.4 is 10.1 Å². The van der Waals surface area contributed by atoms with Gasteiger partial charge in [0.15, 0.2) is 0 Å². The molecule has 0 spiro atoms. The van der Waals surface area contributed by atoms with Crippen LogP contribution in [0.1, 0.15) is 47.8 Å². The normalized spacial score (nSPS) is 17.0. The minimum atomic E-state index is -0.324. The summed E-state index contributed by atoms with van der Waals surface area (Å²) in [6.45, 7) is 4.10. The second-order valence-corrected chi connectivity index (χ2v) is 9.55. The number of fused-ring (bicyclic) bond motifs is 1. The van der Waals surface area contributed by atoms with E-state index in [9.17, 15) is 4.79 Å². The molecule has 0 bridgehead atoms. The van der Waals surface area contributed by atoms with E-state index in [0.717, 1.165) is 28.5 Å². The quantitative estimate of drug-likeness (QED) is 0.453. The Morgan fingerprint density at radius 1 is 1.07 bits per heavy atom. The minimum Gasteiger partial charge on any atom is -0.487 e. The zero-order chi connectivity index (χ0) is 21.1. The molecular formula is C25H24ClNO2S. The highest BCUT2D eigenvalue weighted by Gasteiger charge is 2.34. The van der Waals surface area contributed by atoms with Crippen molar-refractivity contribution in [3.05, 3.63) is 94.5 Å². The van der Waals surface area contributed by atoms with Crippen LogP contribution in [0.3, 0.4) is 0 Å². The fraction of sp³-hybridized carbons (Fsp3) is 0.240. The number of nitrogens with one attached hydrogen (secondary N) is 1. The molecule has 0 saturated carbocycles. The SMILES string of the molecule is CC1(C)C[C@H](NC(=O)c2ccc(CSc3ccc(Cl)cc3)cc2)c2ccccc2O1. The number of benzene rings is 3. The van der Waals surface area contributed by atoms with E-state index in [1.54, 1.807) is 11.8 Å². The van der Waals surface area contributed by atoms with E-state index in [1.807, 2.05) is 72.8 Å². The van der Waals surface area contributed by atoms with Gasteiger partial charge in [-0.1, -0.05) is 41.9 Å². The topological polar surface area (TPSA) is 38.3 Å². The second kappa shape index (κ2) is 8.75. The molecule has 4 rings (SSSR count). The molecule has 0 aliphatic carbocycles. The minimum absolute atomic E-state index is 0.0654. The van der Waals surface area contributed by atoms with E-state index >= 15 is 0 Å². The third-order valence-electron chi connectivity index (χ3n) is 5.12. The van der Waals surface area contributed by atoms with Crippen molar-refractivity contribution in [2.75, 3.05) is 0 Å². The molecule has 3 aromatic carbocycles. The number of carbonyl (C=O) groups is 1. The third-order valence-corrected chi connectivity index (χ3v) is 6.45. The van der Waals surface area contributed by atoms with Gasteiger partial charge in [-0.2, -0.15) is 0 Å². The van der Waals surface area contributed by atoms with Crippen LogP contribution >= 0.6 is 23.4 Å². The molecule has 1 atom stereocenters. The molecule has 1 aliphatic heterocycles. The van der Waals surface area contributed by atoms with E-state index in [0.29, 0.717) is 5.56 Å². The molecule has 1 amide bonds. The molecule has 1 N–H and O–H groups in total. The fourth-order valence-electron chi connectivity index (χ4n) is 3.62. The number of para-hydroxylation sites is 1. The van der Waals surface area contributed by atoms with Crippen molar-refractivity contribution >= 4 is 29.3 Å². The van der Waals surface area contributed by atoms with Gasteiger partial charge in [-0.3, -0.25) is 4.79 Å². The zero-order valence-electron chi connectivity index (χ0n) is 17.0. The number of rotatable bonds is 5. The zero-order valence-corrected chi connectivity index (χ0v) is 18.6. The molecule has 0 fully saturated rings. The third kappa shape index (κ3) is 5.00.